The second-order valence-corrected chi connectivity index (χ2v) is 6.62. The van der Waals surface area contributed by atoms with Crippen LogP contribution in [0.3, 0.4) is 0 Å². The molecule has 144 valence electrons. The first-order valence-corrected chi connectivity index (χ1v) is 8.99. The Morgan fingerprint density at radius 3 is 2.30 bits per heavy atom. The number of Topliss-reactive ketones (excluding diaryl/α,β-unsaturated/α-hetero) is 1. The van der Waals surface area contributed by atoms with Gasteiger partial charge in [0, 0.05) is 21.3 Å². The Bertz CT molecular complexity index is 868. The summed E-state index contributed by atoms with van der Waals surface area (Å²) in [5.41, 5.74) is 1.94. The number of halogens is 2. The molecule has 0 spiro atoms. The molecule has 0 radical (unpaired) electrons. The van der Waals surface area contributed by atoms with Crippen LogP contribution >= 0.6 is 23.2 Å². The van der Waals surface area contributed by atoms with Crippen LogP contribution in [0.4, 0.5) is 0 Å². The first-order chi connectivity index (χ1) is 12.8. The minimum atomic E-state index is -0.634. The van der Waals surface area contributed by atoms with Crippen LogP contribution in [0.2, 0.25) is 10.0 Å². The first-order valence-electron chi connectivity index (χ1n) is 8.24. The lowest BCUT2D eigenvalue weighted by molar-refractivity contribution is -0.141. The molecule has 0 bridgehead atoms. The molecule has 6 nitrogen and oxygen atoms in total. The molecule has 1 aromatic carbocycles. The number of aromatic amines is 1. The van der Waals surface area contributed by atoms with Gasteiger partial charge in [-0.3, -0.25) is 9.59 Å². The monoisotopic (exact) mass is 411 g/mol. The van der Waals surface area contributed by atoms with Crippen LogP contribution in [0.15, 0.2) is 18.2 Å². The number of aryl methyl sites for hydroxylation is 1. The fraction of sp³-hybridized carbons (Fsp3) is 0.316. The van der Waals surface area contributed by atoms with E-state index in [1.54, 1.807) is 39.0 Å². The molecule has 0 aliphatic carbocycles. The van der Waals surface area contributed by atoms with E-state index in [9.17, 15) is 14.4 Å². The molecule has 27 heavy (non-hydrogen) atoms. The zero-order valence-electron chi connectivity index (χ0n) is 15.2. The van der Waals surface area contributed by atoms with Gasteiger partial charge in [0.2, 0.25) is 5.78 Å². The van der Waals surface area contributed by atoms with Gasteiger partial charge in [-0.15, -0.1) is 0 Å². The number of hydrogen-bond acceptors (Lipinski definition) is 5. The molecule has 0 saturated carbocycles. The summed E-state index contributed by atoms with van der Waals surface area (Å²) in [6, 6.07) is 4.90. The van der Waals surface area contributed by atoms with Gasteiger partial charge in [0.1, 0.15) is 0 Å². The average molecular weight is 412 g/mol. The van der Waals surface area contributed by atoms with Gasteiger partial charge in [-0.1, -0.05) is 29.3 Å². The highest BCUT2D eigenvalue weighted by atomic mass is 35.5. The Kier molecular flexibility index (Phi) is 7.05. The van der Waals surface area contributed by atoms with Crippen LogP contribution in [-0.4, -0.2) is 35.9 Å². The first kappa shape index (κ1) is 21.0. The summed E-state index contributed by atoms with van der Waals surface area (Å²) in [6.45, 7) is 4.76. The molecule has 0 aliphatic rings. The third-order valence-corrected chi connectivity index (χ3v) is 4.65. The number of ether oxygens (including phenoxy) is 2. The second kappa shape index (κ2) is 9.06. The minimum Gasteiger partial charge on any atom is -0.462 e. The number of nitrogens with one attached hydrogen (secondary N) is 1. The van der Waals surface area contributed by atoms with Gasteiger partial charge in [0.05, 0.1) is 24.3 Å². The lowest BCUT2D eigenvalue weighted by Crippen LogP contribution is -2.17. The van der Waals surface area contributed by atoms with Gasteiger partial charge in [0.25, 0.3) is 0 Å². The van der Waals surface area contributed by atoms with E-state index in [-0.39, 0.29) is 18.7 Å². The van der Waals surface area contributed by atoms with Crippen molar-refractivity contribution in [2.24, 2.45) is 0 Å². The molecule has 1 N–H and O–H groups in total. The predicted octanol–water partition coefficient (Wildman–Crippen LogP) is 4.08. The summed E-state index contributed by atoms with van der Waals surface area (Å²) in [5, 5.41) is 0.696. The normalized spacial score (nSPS) is 10.6. The number of ketones is 1. The summed E-state index contributed by atoms with van der Waals surface area (Å²) in [4.78, 5) is 39.3. The van der Waals surface area contributed by atoms with Gasteiger partial charge in [-0.2, -0.15) is 0 Å². The van der Waals surface area contributed by atoms with Crippen LogP contribution < -0.4 is 0 Å². The number of aromatic nitrogens is 1. The number of hydrogen-bond donors (Lipinski definition) is 1. The van der Waals surface area contributed by atoms with Crippen molar-refractivity contribution in [2.75, 3.05) is 13.2 Å². The highest BCUT2D eigenvalue weighted by molar-refractivity contribution is 6.36. The smallest absolute Gasteiger partial charge is 0.340 e. The molecule has 2 aromatic rings. The SMILES string of the molecule is CCOC(=O)c1c(C)[nH]c(C(=O)COC(=O)Cc2c(Cl)cccc2Cl)c1C. The third-order valence-electron chi connectivity index (χ3n) is 3.94. The fourth-order valence-corrected chi connectivity index (χ4v) is 3.18. The van der Waals surface area contributed by atoms with E-state index in [0.29, 0.717) is 32.4 Å². The van der Waals surface area contributed by atoms with E-state index in [2.05, 4.69) is 4.98 Å². The van der Waals surface area contributed by atoms with Crippen molar-refractivity contribution < 1.29 is 23.9 Å². The summed E-state index contributed by atoms with van der Waals surface area (Å²) >= 11 is 12.0. The van der Waals surface area contributed by atoms with Crippen molar-refractivity contribution in [2.45, 2.75) is 27.2 Å². The number of rotatable bonds is 7. The van der Waals surface area contributed by atoms with Crippen LogP contribution in [0, 0.1) is 13.8 Å². The topological polar surface area (TPSA) is 85.5 Å². The molecule has 0 fully saturated rings. The maximum Gasteiger partial charge on any atom is 0.340 e. The highest BCUT2D eigenvalue weighted by Gasteiger charge is 2.23. The van der Waals surface area contributed by atoms with Gasteiger partial charge in [-0.05, 0) is 38.5 Å². The molecular weight excluding hydrogens is 393 g/mol. The number of benzene rings is 1. The van der Waals surface area contributed by atoms with Crippen molar-refractivity contribution in [1.82, 2.24) is 4.98 Å². The molecule has 0 saturated heterocycles. The van der Waals surface area contributed by atoms with E-state index < -0.39 is 24.3 Å². The average Bonchev–Trinajstić information content (AvgIpc) is 2.91. The Morgan fingerprint density at radius 1 is 1.07 bits per heavy atom. The van der Waals surface area contributed by atoms with Crippen molar-refractivity contribution in [3.63, 3.8) is 0 Å². The maximum absolute atomic E-state index is 12.4. The number of esters is 2. The van der Waals surface area contributed by atoms with Crippen LogP contribution in [0.5, 0.6) is 0 Å². The molecule has 1 heterocycles. The predicted molar refractivity (Wildman–Crippen MR) is 102 cm³/mol. The number of H-pyrrole nitrogens is 1. The van der Waals surface area contributed by atoms with Crippen LogP contribution in [0.25, 0.3) is 0 Å². The van der Waals surface area contributed by atoms with E-state index in [4.69, 9.17) is 32.7 Å². The minimum absolute atomic E-state index is 0.150. The molecule has 0 amide bonds. The summed E-state index contributed by atoms with van der Waals surface area (Å²) in [6.07, 6.45) is -0.150. The Hall–Kier alpha value is -2.31. The summed E-state index contributed by atoms with van der Waals surface area (Å²) < 4.78 is 10.0. The Balaban J connectivity index is 2.05. The van der Waals surface area contributed by atoms with Crippen LogP contribution in [-0.2, 0) is 20.7 Å². The van der Waals surface area contributed by atoms with E-state index in [1.165, 1.54) is 0 Å². The second-order valence-electron chi connectivity index (χ2n) is 5.81. The molecule has 0 aliphatic heterocycles. The Morgan fingerprint density at radius 2 is 1.70 bits per heavy atom. The van der Waals surface area contributed by atoms with Crippen molar-refractivity contribution >= 4 is 40.9 Å². The number of carbonyl (C=O) groups excluding carboxylic acids is 3. The zero-order valence-corrected chi connectivity index (χ0v) is 16.7. The maximum atomic E-state index is 12.4. The van der Waals surface area contributed by atoms with E-state index in [1.807, 2.05) is 0 Å². The Labute approximate surface area is 166 Å². The fourth-order valence-electron chi connectivity index (χ4n) is 2.65. The lowest BCUT2D eigenvalue weighted by atomic mass is 10.1. The van der Waals surface area contributed by atoms with Gasteiger partial charge >= 0.3 is 11.9 Å². The number of carbonyl (C=O) groups is 3. The molecule has 2 rings (SSSR count). The van der Waals surface area contributed by atoms with Crippen molar-refractivity contribution in [1.29, 1.82) is 0 Å². The molecule has 8 heteroatoms. The highest BCUT2D eigenvalue weighted by Crippen LogP contribution is 2.25. The zero-order chi connectivity index (χ0) is 20.1. The lowest BCUT2D eigenvalue weighted by Gasteiger charge is -2.07. The van der Waals surface area contributed by atoms with Crippen LogP contribution in [0.1, 0.15) is 44.6 Å². The molecule has 0 atom stereocenters. The summed E-state index contributed by atoms with van der Waals surface area (Å²) in [5.74, 6) is -1.59. The van der Waals surface area contributed by atoms with Gasteiger partial charge < -0.3 is 14.5 Å². The van der Waals surface area contributed by atoms with Gasteiger partial charge in [0.15, 0.2) is 6.61 Å². The van der Waals surface area contributed by atoms with Gasteiger partial charge in [-0.25, -0.2) is 4.79 Å². The third kappa shape index (κ3) is 4.90. The molecule has 0 unspecified atom stereocenters. The standard InChI is InChI=1S/C19H19Cl2NO5/c1-4-26-19(25)17-10(2)18(22-11(17)3)15(23)9-27-16(24)8-12-13(20)6-5-7-14(12)21/h5-7,22H,4,8-9H2,1-3H3. The molecule has 1 aromatic heterocycles. The molecular formula is C19H19Cl2NO5. The van der Waals surface area contributed by atoms with Crippen molar-refractivity contribution in [3.05, 3.63) is 56.3 Å². The summed E-state index contributed by atoms with van der Waals surface area (Å²) in [7, 11) is 0. The van der Waals surface area contributed by atoms with Crippen molar-refractivity contribution in [3.8, 4) is 0 Å². The van der Waals surface area contributed by atoms with E-state index in [0.717, 1.165) is 0 Å². The largest absolute Gasteiger partial charge is 0.462 e. The quantitative estimate of drug-likeness (QED) is 0.547. The van der Waals surface area contributed by atoms with E-state index >= 15 is 0 Å².